The molecule has 1 fully saturated rings. The van der Waals surface area contributed by atoms with Gasteiger partial charge >= 0.3 is 0 Å². The number of aliphatic hydroxyl groups is 1. The first-order valence-corrected chi connectivity index (χ1v) is 9.19. The number of nitrogens with zero attached hydrogens (tertiary/aromatic N) is 4. The number of aromatic nitrogens is 3. The van der Waals surface area contributed by atoms with E-state index >= 15 is 0 Å². The number of aryl methyl sites for hydroxylation is 2. The second-order valence-corrected chi connectivity index (χ2v) is 7.74. The summed E-state index contributed by atoms with van der Waals surface area (Å²) in [6.45, 7) is 4.39. The quantitative estimate of drug-likeness (QED) is 0.729. The lowest BCUT2D eigenvalue weighted by Crippen LogP contribution is -2.41. The van der Waals surface area contributed by atoms with Crippen LogP contribution in [-0.4, -0.2) is 44.7 Å². The molecule has 3 N–H and O–H groups in total. The number of hydrogen-bond donors (Lipinski definition) is 2. The normalized spacial score (nSPS) is 20.0. The molecule has 1 amide bonds. The van der Waals surface area contributed by atoms with Gasteiger partial charge in [0.15, 0.2) is 5.82 Å². The minimum absolute atomic E-state index is 0.311. The Morgan fingerprint density at radius 3 is 2.88 bits per heavy atom. The molecule has 0 saturated carbocycles. The number of anilines is 1. The highest BCUT2D eigenvalue weighted by molar-refractivity contribution is 7.18. The lowest BCUT2D eigenvalue weighted by Gasteiger charge is -2.24. The highest BCUT2D eigenvalue weighted by atomic mass is 32.1. The number of thiophene rings is 1. The zero-order valence-electron chi connectivity index (χ0n) is 14.5. The number of rotatable bonds is 3. The first kappa shape index (κ1) is 16.9. The molecule has 4 rings (SSSR count). The van der Waals surface area contributed by atoms with E-state index < -0.39 is 18.1 Å². The van der Waals surface area contributed by atoms with Crippen molar-refractivity contribution in [2.75, 3.05) is 11.4 Å². The zero-order chi connectivity index (χ0) is 18.4. The Morgan fingerprint density at radius 2 is 2.19 bits per heavy atom. The van der Waals surface area contributed by atoms with Crippen LogP contribution in [0, 0.1) is 13.8 Å². The molecule has 0 aromatic carbocycles. The Hall–Kier alpha value is -2.58. The molecule has 2 atom stereocenters. The monoisotopic (exact) mass is 369 g/mol. The maximum atomic E-state index is 11.9. The van der Waals surface area contributed by atoms with Crippen LogP contribution in [-0.2, 0) is 4.79 Å². The molecule has 0 bridgehead atoms. The van der Waals surface area contributed by atoms with Crippen LogP contribution in [0.5, 0.6) is 0 Å². The topological polar surface area (TPSA) is 105 Å². The maximum Gasteiger partial charge on any atom is 0.240 e. The Morgan fingerprint density at radius 1 is 1.38 bits per heavy atom. The fourth-order valence-corrected chi connectivity index (χ4v) is 4.40. The highest BCUT2D eigenvalue weighted by Crippen LogP contribution is 2.38. The number of aliphatic hydroxyl groups excluding tert-OH is 1. The molecule has 1 aliphatic rings. The van der Waals surface area contributed by atoms with E-state index in [1.165, 1.54) is 0 Å². The summed E-state index contributed by atoms with van der Waals surface area (Å²) in [6.07, 6.45) is 3.11. The van der Waals surface area contributed by atoms with Crippen LogP contribution in [0.25, 0.3) is 21.6 Å². The van der Waals surface area contributed by atoms with E-state index in [2.05, 4.69) is 4.98 Å². The highest BCUT2D eigenvalue weighted by Gasteiger charge is 2.37. The van der Waals surface area contributed by atoms with Crippen molar-refractivity contribution < 1.29 is 9.90 Å². The molecule has 8 heteroatoms. The van der Waals surface area contributed by atoms with Gasteiger partial charge < -0.3 is 15.7 Å². The van der Waals surface area contributed by atoms with Gasteiger partial charge in [-0.15, -0.1) is 11.3 Å². The molecule has 3 aromatic rings. The average molecular weight is 369 g/mol. The minimum Gasteiger partial charge on any atom is -0.391 e. The van der Waals surface area contributed by atoms with Crippen LogP contribution in [0.15, 0.2) is 24.5 Å². The predicted octanol–water partition coefficient (Wildman–Crippen LogP) is 1.80. The van der Waals surface area contributed by atoms with Gasteiger partial charge in [0, 0.05) is 35.8 Å². The summed E-state index contributed by atoms with van der Waals surface area (Å²) >= 11 is 1.59. The molecule has 1 aliphatic heterocycles. The zero-order valence-corrected chi connectivity index (χ0v) is 15.3. The van der Waals surface area contributed by atoms with Gasteiger partial charge in [-0.05, 0) is 31.5 Å². The number of primary amides is 1. The molecule has 0 aliphatic carbocycles. The number of fused-ring (bicyclic) bond motifs is 1. The molecule has 26 heavy (non-hydrogen) atoms. The minimum atomic E-state index is -0.612. The van der Waals surface area contributed by atoms with Crippen molar-refractivity contribution in [3.63, 3.8) is 0 Å². The van der Waals surface area contributed by atoms with Crippen molar-refractivity contribution in [3.8, 4) is 11.4 Å². The van der Waals surface area contributed by atoms with E-state index in [-0.39, 0.29) is 0 Å². The van der Waals surface area contributed by atoms with Crippen LogP contribution in [0.3, 0.4) is 0 Å². The van der Waals surface area contributed by atoms with E-state index in [1.54, 1.807) is 23.7 Å². The first-order valence-electron chi connectivity index (χ1n) is 8.38. The van der Waals surface area contributed by atoms with Crippen molar-refractivity contribution in [2.24, 2.45) is 5.73 Å². The summed E-state index contributed by atoms with van der Waals surface area (Å²) in [7, 11) is 0. The molecule has 134 valence electrons. The van der Waals surface area contributed by atoms with Gasteiger partial charge in [-0.2, -0.15) is 0 Å². The summed E-state index contributed by atoms with van der Waals surface area (Å²) in [6, 6.07) is 3.15. The number of β-amino-alcohol motifs (C(OH)–C–C–N with tert-alkyl or cyclic N) is 1. The third kappa shape index (κ3) is 2.71. The predicted molar refractivity (Wildman–Crippen MR) is 101 cm³/mol. The Labute approximate surface area is 154 Å². The fraction of sp³-hybridized carbons (Fsp3) is 0.333. The second kappa shape index (κ2) is 6.30. The molecule has 0 spiro atoms. The van der Waals surface area contributed by atoms with Gasteiger partial charge in [-0.1, -0.05) is 0 Å². The number of amides is 1. The number of nitrogens with two attached hydrogens (primary N) is 1. The van der Waals surface area contributed by atoms with Crippen molar-refractivity contribution in [3.05, 3.63) is 35.0 Å². The number of pyridine rings is 1. The van der Waals surface area contributed by atoms with Crippen LogP contribution < -0.4 is 10.6 Å². The first-order chi connectivity index (χ1) is 12.5. The van der Waals surface area contributed by atoms with Gasteiger partial charge in [0.25, 0.3) is 0 Å². The van der Waals surface area contributed by atoms with Crippen molar-refractivity contribution in [1.29, 1.82) is 0 Å². The summed E-state index contributed by atoms with van der Waals surface area (Å²) in [5.41, 5.74) is 7.47. The molecule has 3 aromatic heterocycles. The van der Waals surface area contributed by atoms with E-state index in [1.807, 2.05) is 30.9 Å². The van der Waals surface area contributed by atoms with Crippen molar-refractivity contribution in [1.82, 2.24) is 15.0 Å². The van der Waals surface area contributed by atoms with E-state index in [9.17, 15) is 9.90 Å². The average Bonchev–Trinajstić information content (AvgIpc) is 3.15. The van der Waals surface area contributed by atoms with Gasteiger partial charge in [0.05, 0.1) is 11.5 Å². The maximum absolute atomic E-state index is 11.9. The van der Waals surface area contributed by atoms with Crippen LogP contribution in [0.2, 0.25) is 0 Å². The molecule has 0 unspecified atom stereocenters. The van der Waals surface area contributed by atoms with E-state index in [4.69, 9.17) is 15.7 Å². The van der Waals surface area contributed by atoms with Crippen molar-refractivity contribution >= 4 is 33.3 Å². The van der Waals surface area contributed by atoms with Gasteiger partial charge in [-0.3, -0.25) is 9.78 Å². The SMILES string of the molecule is Cc1sc2nc(-c3cccnc3)nc(N3C[C@H](O)C[C@@H]3C(N)=O)c2c1C. The molecule has 1 saturated heterocycles. The fourth-order valence-electron chi connectivity index (χ4n) is 3.38. The summed E-state index contributed by atoms with van der Waals surface area (Å²) in [5, 5.41) is 11.0. The molecular formula is C18H19N5O2S. The van der Waals surface area contributed by atoms with E-state index in [0.717, 1.165) is 26.2 Å². The van der Waals surface area contributed by atoms with E-state index in [0.29, 0.717) is 24.6 Å². The van der Waals surface area contributed by atoms with Crippen LogP contribution >= 0.6 is 11.3 Å². The number of carbonyl (C=O) groups excluding carboxylic acids is 1. The standard InChI is InChI=1S/C18H19N5O2S/c1-9-10(2)26-18-14(9)17(23-8-12(24)6-13(23)15(19)25)21-16(22-18)11-4-3-5-20-7-11/h3-5,7,12-13,24H,6,8H2,1-2H3,(H2,19,25)/t12-,13-/m1/s1. The van der Waals surface area contributed by atoms with Gasteiger partial charge in [0.2, 0.25) is 5.91 Å². The molecule has 7 nitrogen and oxygen atoms in total. The van der Waals surface area contributed by atoms with Gasteiger partial charge in [0.1, 0.15) is 16.7 Å². The Balaban J connectivity index is 1.96. The van der Waals surface area contributed by atoms with Gasteiger partial charge in [-0.25, -0.2) is 9.97 Å². The van der Waals surface area contributed by atoms with Crippen LogP contribution in [0.4, 0.5) is 5.82 Å². The summed E-state index contributed by atoms with van der Waals surface area (Å²) < 4.78 is 0. The lowest BCUT2D eigenvalue weighted by molar-refractivity contribution is -0.119. The Bertz CT molecular complexity index is 988. The number of carbonyl (C=O) groups is 1. The largest absolute Gasteiger partial charge is 0.391 e. The van der Waals surface area contributed by atoms with Crippen LogP contribution in [0.1, 0.15) is 16.9 Å². The third-order valence-corrected chi connectivity index (χ3v) is 5.91. The second-order valence-electron chi connectivity index (χ2n) is 6.54. The summed E-state index contributed by atoms with van der Waals surface area (Å²) in [5.74, 6) is 0.739. The molecule has 4 heterocycles. The summed E-state index contributed by atoms with van der Waals surface area (Å²) in [4.78, 5) is 29.4. The number of hydrogen-bond acceptors (Lipinski definition) is 7. The van der Waals surface area contributed by atoms with Crippen molar-refractivity contribution in [2.45, 2.75) is 32.4 Å². The lowest BCUT2D eigenvalue weighted by atomic mass is 10.1. The molecular weight excluding hydrogens is 350 g/mol. The smallest absolute Gasteiger partial charge is 0.240 e. The third-order valence-electron chi connectivity index (χ3n) is 4.81. The Kier molecular flexibility index (Phi) is 4.08. The molecule has 0 radical (unpaired) electrons.